The molecule has 0 saturated carbocycles. The van der Waals surface area contributed by atoms with E-state index in [9.17, 15) is 4.79 Å². The van der Waals surface area contributed by atoms with E-state index < -0.39 is 8.32 Å². The van der Waals surface area contributed by atoms with E-state index in [2.05, 4.69) is 46.0 Å². The molecule has 1 heterocycles. The lowest BCUT2D eigenvalue weighted by Crippen LogP contribution is -2.43. The van der Waals surface area contributed by atoms with Gasteiger partial charge in [0.05, 0.1) is 27.4 Å². The standard InChI is InChI=1S/C26H37NO5Si/c1-26(2,3)33(7,8)32-20-13-11-18(12-14-20)21-10-9-15-27(21)25(28)19-16-22(29-4)24(31-6)23(17-19)30-5/h11-14,16-17,21H,9-10,15H2,1-8H3. The molecule has 0 radical (unpaired) electrons. The van der Waals surface area contributed by atoms with Gasteiger partial charge in [0.1, 0.15) is 5.75 Å². The molecule has 1 aliphatic heterocycles. The van der Waals surface area contributed by atoms with Crippen LogP contribution in [0.1, 0.15) is 55.6 Å². The van der Waals surface area contributed by atoms with E-state index in [-0.39, 0.29) is 17.0 Å². The predicted molar refractivity (Wildman–Crippen MR) is 133 cm³/mol. The second-order valence-corrected chi connectivity index (χ2v) is 14.7. The largest absolute Gasteiger partial charge is 0.544 e. The van der Waals surface area contributed by atoms with Crippen LogP contribution in [-0.2, 0) is 0 Å². The van der Waals surface area contributed by atoms with Gasteiger partial charge < -0.3 is 23.5 Å². The molecule has 1 aliphatic rings. The third-order valence-electron chi connectivity index (χ3n) is 6.87. The number of carbonyl (C=O) groups is 1. The predicted octanol–water partition coefficient (Wildman–Crippen LogP) is 6.07. The average molecular weight is 472 g/mol. The van der Waals surface area contributed by atoms with Crippen LogP contribution in [0.4, 0.5) is 0 Å². The Hall–Kier alpha value is -2.67. The SMILES string of the molecule is COc1cc(C(=O)N2CCCC2c2ccc(O[Si](C)(C)C(C)(C)C)cc2)cc(OC)c1OC. The van der Waals surface area contributed by atoms with Crippen molar-refractivity contribution in [1.29, 1.82) is 0 Å². The van der Waals surface area contributed by atoms with Gasteiger partial charge in [-0.1, -0.05) is 32.9 Å². The summed E-state index contributed by atoms with van der Waals surface area (Å²) in [5.41, 5.74) is 1.64. The van der Waals surface area contributed by atoms with Crippen LogP contribution in [-0.4, -0.2) is 47.0 Å². The van der Waals surface area contributed by atoms with Crippen molar-refractivity contribution >= 4 is 14.2 Å². The quantitative estimate of drug-likeness (QED) is 0.459. The lowest BCUT2D eigenvalue weighted by molar-refractivity contribution is 0.0734. The molecule has 1 unspecified atom stereocenters. The molecule has 0 N–H and O–H groups in total. The van der Waals surface area contributed by atoms with E-state index in [4.69, 9.17) is 18.6 Å². The zero-order valence-electron chi connectivity index (χ0n) is 21.2. The molecule has 1 amide bonds. The highest BCUT2D eigenvalue weighted by Gasteiger charge is 2.39. The summed E-state index contributed by atoms with van der Waals surface area (Å²) in [6.45, 7) is 11.9. The van der Waals surface area contributed by atoms with Crippen LogP contribution in [0, 0.1) is 0 Å². The van der Waals surface area contributed by atoms with Crippen LogP contribution in [0.5, 0.6) is 23.0 Å². The van der Waals surface area contributed by atoms with Gasteiger partial charge in [0.2, 0.25) is 14.1 Å². The zero-order chi connectivity index (χ0) is 24.4. The van der Waals surface area contributed by atoms with Crippen molar-refractivity contribution in [1.82, 2.24) is 4.90 Å². The number of nitrogens with zero attached hydrogens (tertiary/aromatic N) is 1. The van der Waals surface area contributed by atoms with Crippen LogP contribution < -0.4 is 18.6 Å². The van der Waals surface area contributed by atoms with Crippen molar-refractivity contribution in [2.75, 3.05) is 27.9 Å². The van der Waals surface area contributed by atoms with Gasteiger partial charge in [0.15, 0.2) is 11.5 Å². The van der Waals surface area contributed by atoms with Crippen molar-refractivity contribution in [3.63, 3.8) is 0 Å². The minimum Gasteiger partial charge on any atom is -0.544 e. The minimum atomic E-state index is -1.89. The molecule has 180 valence electrons. The van der Waals surface area contributed by atoms with Gasteiger partial charge in [-0.3, -0.25) is 4.79 Å². The Bertz CT molecular complexity index is 956. The van der Waals surface area contributed by atoms with Crippen molar-refractivity contribution in [2.24, 2.45) is 0 Å². The fourth-order valence-corrected chi connectivity index (χ4v) is 4.96. The number of benzene rings is 2. The molecular weight excluding hydrogens is 434 g/mol. The number of rotatable bonds is 7. The van der Waals surface area contributed by atoms with Crippen molar-refractivity contribution in [2.45, 2.75) is 57.8 Å². The number of likely N-dealkylation sites (tertiary alicyclic amines) is 1. The Labute approximate surface area is 198 Å². The molecule has 6 nitrogen and oxygen atoms in total. The summed E-state index contributed by atoms with van der Waals surface area (Å²) < 4.78 is 22.7. The highest BCUT2D eigenvalue weighted by molar-refractivity contribution is 6.74. The monoisotopic (exact) mass is 471 g/mol. The first-order valence-corrected chi connectivity index (χ1v) is 14.3. The summed E-state index contributed by atoms with van der Waals surface area (Å²) in [5.74, 6) is 2.28. The maximum atomic E-state index is 13.5. The third kappa shape index (κ3) is 5.13. The van der Waals surface area contributed by atoms with Crippen LogP contribution in [0.3, 0.4) is 0 Å². The maximum absolute atomic E-state index is 13.5. The first-order valence-electron chi connectivity index (χ1n) is 11.4. The van der Waals surface area contributed by atoms with Crippen LogP contribution in [0.25, 0.3) is 0 Å². The molecule has 1 saturated heterocycles. The highest BCUT2D eigenvalue weighted by atomic mass is 28.4. The van der Waals surface area contributed by atoms with Gasteiger partial charge in [0, 0.05) is 12.1 Å². The summed E-state index contributed by atoms with van der Waals surface area (Å²) in [5, 5.41) is 0.140. The number of hydrogen-bond acceptors (Lipinski definition) is 5. The lowest BCUT2D eigenvalue weighted by atomic mass is 10.0. The molecular formula is C26H37NO5Si. The average Bonchev–Trinajstić information content (AvgIpc) is 3.26. The highest BCUT2D eigenvalue weighted by Crippen LogP contribution is 2.41. The zero-order valence-corrected chi connectivity index (χ0v) is 22.2. The molecule has 0 aromatic heterocycles. The number of amides is 1. The van der Waals surface area contributed by atoms with Crippen molar-refractivity contribution in [3.05, 3.63) is 47.5 Å². The topological polar surface area (TPSA) is 57.2 Å². The molecule has 0 aliphatic carbocycles. The van der Waals surface area contributed by atoms with E-state index >= 15 is 0 Å². The first-order chi connectivity index (χ1) is 15.5. The first kappa shape index (κ1) is 25.0. The smallest absolute Gasteiger partial charge is 0.254 e. The Morgan fingerprint density at radius 3 is 2.03 bits per heavy atom. The fourth-order valence-electron chi connectivity index (χ4n) is 3.93. The van der Waals surface area contributed by atoms with Gasteiger partial charge in [-0.15, -0.1) is 0 Å². The maximum Gasteiger partial charge on any atom is 0.254 e. The molecule has 1 fully saturated rings. The van der Waals surface area contributed by atoms with E-state index in [0.717, 1.165) is 24.2 Å². The van der Waals surface area contributed by atoms with Gasteiger partial charge in [0.25, 0.3) is 5.91 Å². The van der Waals surface area contributed by atoms with Crippen molar-refractivity contribution in [3.8, 4) is 23.0 Å². The lowest BCUT2D eigenvalue weighted by Gasteiger charge is -2.36. The van der Waals surface area contributed by atoms with Crippen LogP contribution in [0.2, 0.25) is 18.1 Å². The molecule has 0 bridgehead atoms. The number of methoxy groups -OCH3 is 3. The summed E-state index contributed by atoms with van der Waals surface area (Å²) in [7, 11) is 2.76. The summed E-state index contributed by atoms with van der Waals surface area (Å²) in [6.07, 6.45) is 1.89. The third-order valence-corrected chi connectivity index (χ3v) is 11.2. The van der Waals surface area contributed by atoms with Crippen LogP contribution in [0.15, 0.2) is 36.4 Å². The number of ether oxygens (including phenoxy) is 3. The summed E-state index contributed by atoms with van der Waals surface area (Å²) in [4.78, 5) is 15.4. The van der Waals surface area contributed by atoms with E-state index in [1.54, 1.807) is 33.5 Å². The van der Waals surface area contributed by atoms with Gasteiger partial charge >= 0.3 is 0 Å². The van der Waals surface area contributed by atoms with Gasteiger partial charge in [-0.25, -0.2) is 0 Å². The molecule has 1 atom stereocenters. The summed E-state index contributed by atoms with van der Waals surface area (Å²) in [6, 6.07) is 11.7. The Morgan fingerprint density at radius 1 is 0.970 bits per heavy atom. The minimum absolute atomic E-state index is 0.0264. The van der Waals surface area contributed by atoms with E-state index in [1.807, 2.05) is 17.0 Å². The second kappa shape index (κ2) is 9.67. The van der Waals surface area contributed by atoms with E-state index in [1.165, 1.54) is 0 Å². The Morgan fingerprint density at radius 2 is 1.55 bits per heavy atom. The summed E-state index contributed by atoms with van der Waals surface area (Å²) >= 11 is 0. The van der Waals surface area contributed by atoms with Crippen molar-refractivity contribution < 1.29 is 23.4 Å². The number of carbonyl (C=O) groups excluding carboxylic acids is 1. The Balaban J connectivity index is 1.83. The van der Waals surface area contributed by atoms with Gasteiger partial charge in [-0.05, 0) is 60.8 Å². The molecule has 2 aromatic rings. The molecule has 3 rings (SSSR count). The number of hydrogen-bond donors (Lipinski definition) is 0. The fraction of sp³-hybridized carbons (Fsp3) is 0.500. The molecule has 0 spiro atoms. The molecule has 7 heteroatoms. The normalized spacial score (nSPS) is 16.5. The Kier molecular flexibility index (Phi) is 7.31. The molecule has 33 heavy (non-hydrogen) atoms. The van der Waals surface area contributed by atoms with E-state index in [0.29, 0.717) is 29.4 Å². The van der Waals surface area contributed by atoms with Crippen LogP contribution >= 0.6 is 0 Å². The molecule has 2 aromatic carbocycles. The van der Waals surface area contributed by atoms with Gasteiger partial charge in [-0.2, -0.15) is 0 Å². The second-order valence-electron chi connectivity index (χ2n) is 10.0.